The molecule has 112 valence electrons. The molecule has 0 saturated heterocycles. The topological polar surface area (TPSA) is 32.6 Å². The lowest BCUT2D eigenvalue weighted by atomic mass is 9.47. The van der Waals surface area contributed by atoms with Crippen molar-refractivity contribution in [2.75, 3.05) is 0 Å². The van der Waals surface area contributed by atoms with Crippen molar-refractivity contribution < 1.29 is 5.11 Å². The van der Waals surface area contributed by atoms with Gasteiger partial charge in [-0.3, -0.25) is 4.99 Å². The largest absolute Gasteiger partial charge is 0.366 e. The van der Waals surface area contributed by atoms with Gasteiger partial charge in [-0.2, -0.15) is 0 Å². The van der Waals surface area contributed by atoms with E-state index in [1.54, 1.807) is 6.08 Å². The quantitative estimate of drug-likeness (QED) is 0.709. The number of rotatable bonds is 1. The highest BCUT2D eigenvalue weighted by Gasteiger charge is 2.55. The number of aliphatic imine (C=N–C) groups is 1. The van der Waals surface area contributed by atoms with Crippen molar-refractivity contribution in [2.24, 2.45) is 27.7 Å². The van der Waals surface area contributed by atoms with E-state index in [0.29, 0.717) is 16.7 Å². The van der Waals surface area contributed by atoms with Crippen molar-refractivity contribution in [1.82, 2.24) is 0 Å². The second-order valence-corrected chi connectivity index (χ2v) is 8.22. The Morgan fingerprint density at radius 1 is 1.20 bits per heavy atom. The summed E-state index contributed by atoms with van der Waals surface area (Å²) in [5, 5.41) is 10.4. The lowest BCUT2D eigenvalue weighted by Gasteiger charge is -2.58. The first-order valence-corrected chi connectivity index (χ1v) is 8.25. The maximum absolute atomic E-state index is 10.4. The third-order valence-corrected chi connectivity index (χ3v) is 6.63. The molecule has 2 saturated carbocycles. The molecule has 0 bridgehead atoms. The molecule has 4 atom stereocenters. The van der Waals surface area contributed by atoms with E-state index in [1.165, 1.54) is 31.4 Å². The minimum atomic E-state index is -0.987. The molecule has 0 amide bonds. The van der Waals surface area contributed by atoms with Crippen LogP contribution in [-0.2, 0) is 0 Å². The molecule has 0 spiro atoms. The minimum Gasteiger partial charge on any atom is -0.366 e. The highest BCUT2D eigenvalue weighted by Crippen LogP contribution is 2.61. The van der Waals surface area contributed by atoms with E-state index in [0.717, 1.165) is 25.2 Å². The Morgan fingerprint density at radius 3 is 2.65 bits per heavy atom. The Balaban J connectivity index is 1.97. The predicted molar refractivity (Wildman–Crippen MR) is 83.8 cm³/mol. The molecule has 1 N–H and O–H groups in total. The lowest BCUT2D eigenvalue weighted by molar-refractivity contribution is -0.0502. The highest BCUT2D eigenvalue weighted by atomic mass is 16.3. The molecular formula is C18H29NO. The smallest absolute Gasteiger partial charge is 0.174 e. The summed E-state index contributed by atoms with van der Waals surface area (Å²) in [6, 6.07) is 0. The first-order valence-electron chi connectivity index (χ1n) is 8.25. The molecule has 3 rings (SSSR count). The van der Waals surface area contributed by atoms with E-state index in [1.807, 2.05) is 0 Å². The monoisotopic (exact) mass is 275 g/mol. The van der Waals surface area contributed by atoms with Gasteiger partial charge in [-0.05, 0) is 54.9 Å². The Kier molecular flexibility index (Phi) is 3.17. The molecule has 0 aromatic heterocycles. The number of aliphatic hydroxyl groups is 1. The zero-order valence-corrected chi connectivity index (χ0v) is 13.3. The van der Waals surface area contributed by atoms with Crippen molar-refractivity contribution in [3.05, 3.63) is 12.7 Å². The van der Waals surface area contributed by atoms with Gasteiger partial charge in [0.1, 0.15) is 0 Å². The molecule has 2 nitrogen and oxygen atoms in total. The van der Waals surface area contributed by atoms with E-state index in [9.17, 15) is 5.11 Å². The fourth-order valence-electron chi connectivity index (χ4n) is 5.59. The molecule has 1 heterocycles. The lowest BCUT2D eigenvalue weighted by Crippen LogP contribution is -2.54. The van der Waals surface area contributed by atoms with Gasteiger partial charge in [-0.15, -0.1) is 0 Å². The predicted octanol–water partition coefficient (Wildman–Crippen LogP) is 4.34. The Labute approximate surface area is 123 Å². The van der Waals surface area contributed by atoms with Crippen LogP contribution in [0.4, 0.5) is 0 Å². The summed E-state index contributed by atoms with van der Waals surface area (Å²) < 4.78 is 0. The van der Waals surface area contributed by atoms with E-state index < -0.39 is 5.72 Å². The van der Waals surface area contributed by atoms with Gasteiger partial charge in [0.2, 0.25) is 0 Å². The summed E-state index contributed by atoms with van der Waals surface area (Å²) in [7, 11) is 0. The van der Waals surface area contributed by atoms with Gasteiger partial charge in [0.05, 0.1) is 0 Å². The van der Waals surface area contributed by atoms with Crippen LogP contribution in [0.2, 0.25) is 0 Å². The molecule has 0 radical (unpaired) electrons. The van der Waals surface area contributed by atoms with Crippen LogP contribution in [0.25, 0.3) is 0 Å². The summed E-state index contributed by atoms with van der Waals surface area (Å²) in [5.74, 6) is 1.39. The second-order valence-electron chi connectivity index (χ2n) is 8.22. The molecule has 20 heavy (non-hydrogen) atoms. The summed E-state index contributed by atoms with van der Waals surface area (Å²) in [6.07, 6.45) is 9.79. The van der Waals surface area contributed by atoms with Crippen LogP contribution in [-0.4, -0.2) is 16.5 Å². The zero-order chi connectivity index (χ0) is 14.6. The third kappa shape index (κ3) is 1.99. The number of hydrogen-bond donors (Lipinski definition) is 1. The van der Waals surface area contributed by atoms with E-state index >= 15 is 0 Å². The fourth-order valence-corrected chi connectivity index (χ4v) is 5.59. The van der Waals surface area contributed by atoms with Crippen LogP contribution < -0.4 is 0 Å². The van der Waals surface area contributed by atoms with Crippen LogP contribution in [0.15, 0.2) is 17.6 Å². The molecule has 0 aromatic rings. The maximum atomic E-state index is 10.4. The molecule has 2 fully saturated rings. The fraction of sp³-hybridized carbons (Fsp3) is 0.833. The van der Waals surface area contributed by atoms with Crippen molar-refractivity contribution >= 4 is 5.71 Å². The van der Waals surface area contributed by atoms with Gasteiger partial charge in [0.15, 0.2) is 5.72 Å². The van der Waals surface area contributed by atoms with E-state index in [-0.39, 0.29) is 0 Å². The SMILES string of the molecule is C=CC1(O)CCC2C(=N1)CCC1C(C)(C)CCC[C@]21C. The number of hydrogen-bond acceptors (Lipinski definition) is 2. The third-order valence-electron chi connectivity index (χ3n) is 6.63. The number of nitrogens with zero attached hydrogens (tertiary/aromatic N) is 1. The van der Waals surface area contributed by atoms with Gasteiger partial charge in [-0.25, -0.2) is 0 Å². The summed E-state index contributed by atoms with van der Waals surface area (Å²) >= 11 is 0. The van der Waals surface area contributed by atoms with Crippen molar-refractivity contribution in [2.45, 2.75) is 71.4 Å². The maximum Gasteiger partial charge on any atom is 0.174 e. The molecule has 2 aliphatic carbocycles. The van der Waals surface area contributed by atoms with Crippen molar-refractivity contribution in [3.63, 3.8) is 0 Å². The van der Waals surface area contributed by atoms with Gasteiger partial charge in [-0.1, -0.05) is 33.8 Å². The summed E-state index contributed by atoms with van der Waals surface area (Å²) in [5.41, 5.74) is 1.14. The van der Waals surface area contributed by atoms with Crippen LogP contribution >= 0.6 is 0 Å². The van der Waals surface area contributed by atoms with Crippen molar-refractivity contribution in [3.8, 4) is 0 Å². The molecule has 1 aliphatic heterocycles. The zero-order valence-electron chi connectivity index (χ0n) is 13.3. The van der Waals surface area contributed by atoms with Gasteiger partial charge in [0, 0.05) is 18.1 Å². The standard InChI is InChI=1S/C18H29NO/c1-5-18(20)12-9-13-14(19-18)7-8-15-16(2,3)10-6-11-17(13,15)4/h5,13,15,20H,1,6-12H2,2-4H3/t13?,15?,17-,18?/m1/s1. The summed E-state index contributed by atoms with van der Waals surface area (Å²) in [4.78, 5) is 4.69. The van der Waals surface area contributed by atoms with Crippen LogP contribution in [0.1, 0.15) is 65.7 Å². The average molecular weight is 275 g/mol. The molecule has 3 aliphatic rings. The van der Waals surface area contributed by atoms with Crippen molar-refractivity contribution in [1.29, 1.82) is 0 Å². The summed E-state index contributed by atoms with van der Waals surface area (Å²) in [6.45, 7) is 11.2. The first-order chi connectivity index (χ1) is 9.31. The van der Waals surface area contributed by atoms with Gasteiger partial charge in [0.25, 0.3) is 0 Å². The molecule has 0 aromatic carbocycles. The Hall–Kier alpha value is -0.630. The van der Waals surface area contributed by atoms with E-state index in [4.69, 9.17) is 4.99 Å². The van der Waals surface area contributed by atoms with Gasteiger partial charge < -0.3 is 5.11 Å². The Bertz CT molecular complexity index is 452. The first kappa shape index (κ1) is 14.3. The Morgan fingerprint density at radius 2 is 1.95 bits per heavy atom. The molecule has 3 unspecified atom stereocenters. The van der Waals surface area contributed by atoms with Crippen LogP contribution in [0, 0.1) is 22.7 Å². The van der Waals surface area contributed by atoms with Gasteiger partial charge >= 0.3 is 0 Å². The van der Waals surface area contributed by atoms with E-state index in [2.05, 4.69) is 27.4 Å². The average Bonchev–Trinajstić information content (AvgIpc) is 2.37. The molecule has 2 heteroatoms. The normalized spacial score (nSPS) is 46.9. The molecular weight excluding hydrogens is 246 g/mol. The van der Waals surface area contributed by atoms with Crippen LogP contribution in [0.5, 0.6) is 0 Å². The van der Waals surface area contributed by atoms with Crippen LogP contribution in [0.3, 0.4) is 0 Å². The minimum absolute atomic E-state index is 0.390. The highest BCUT2D eigenvalue weighted by molar-refractivity contribution is 5.89. The second kappa shape index (κ2) is 4.43. The number of fused-ring (bicyclic) bond motifs is 3.